The molecular formula is C21H27ClFN5O. The smallest absolute Gasteiger partial charge is 0.241 e. The molecule has 1 N–H and O–H groups in total. The van der Waals surface area contributed by atoms with Crippen molar-refractivity contribution in [2.24, 2.45) is 0 Å². The van der Waals surface area contributed by atoms with Gasteiger partial charge in [-0.05, 0) is 32.0 Å². The number of amides is 1. The predicted molar refractivity (Wildman–Crippen MR) is 114 cm³/mol. The van der Waals surface area contributed by atoms with E-state index in [1.165, 1.54) is 18.2 Å². The molecule has 1 fully saturated rings. The summed E-state index contributed by atoms with van der Waals surface area (Å²) in [7, 11) is 0. The Labute approximate surface area is 176 Å². The van der Waals surface area contributed by atoms with Crippen LogP contribution in [0.4, 0.5) is 15.9 Å². The van der Waals surface area contributed by atoms with E-state index in [2.05, 4.69) is 33.9 Å². The van der Waals surface area contributed by atoms with Crippen LogP contribution in [0.2, 0.25) is 5.02 Å². The van der Waals surface area contributed by atoms with Gasteiger partial charge in [-0.15, -0.1) is 0 Å². The maximum Gasteiger partial charge on any atom is 0.241 e. The standard InChI is InChI=1S/C21H27ClFN5O/c1-13(2)20-24-14(3)11-19(26-20)28-9-7-27(8-10-28)15(4)21(29)25-18-12-16(22)5-6-17(18)23/h5-6,11-13,15H,7-10H2,1-4H3,(H,25,29). The van der Waals surface area contributed by atoms with E-state index in [0.717, 1.165) is 30.4 Å². The molecule has 0 saturated carbocycles. The van der Waals surface area contributed by atoms with Crippen LogP contribution in [0.5, 0.6) is 0 Å². The summed E-state index contributed by atoms with van der Waals surface area (Å²) in [5.74, 6) is 1.29. The normalized spacial score (nSPS) is 16.2. The zero-order valence-electron chi connectivity index (χ0n) is 17.2. The van der Waals surface area contributed by atoms with Crippen LogP contribution in [0.25, 0.3) is 0 Å². The molecule has 1 atom stereocenters. The lowest BCUT2D eigenvalue weighted by Crippen LogP contribution is -2.53. The molecule has 6 nitrogen and oxygen atoms in total. The van der Waals surface area contributed by atoms with E-state index in [1.54, 1.807) is 0 Å². The molecule has 2 heterocycles. The van der Waals surface area contributed by atoms with Gasteiger partial charge in [0.1, 0.15) is 17.5 Å². The van der Waals surface area contributed by atoms with Gasteiger partial charge in [0.2, 0.25) is 5.91 Å². The van der Waals surface area contributed by atoms with Crippen molar-refractivity contribution < 1.29 is 9.18 Å². The first-order valence-electron chi connectivity index (χ1n) is 9.85. The Hall–Kier alpha value is -2.25. The minimum Gasteiger partial charge on any atom is -0.354 e. The van der Waals surface area contributed by atoms with Gasteiger partial charge in [0.15, 0.2) is 0 Å². The number of rotatable bonds is 5. The van der Waals surface area contributed by atoms with Crippen molar-refractivity contribution >= 4 is 29.0 Å². The van der Waals surface area contributed by atoms with Crippen molar-refractivity contribution in [1.29, 1.82) is 0 Å². The zero-order chi connectivity index (χ0) is 21.1. The molecule has 0 bridgehead atoms. The molecule has 0 aliphatic carbocycles. The van der Waals surface area contributed by atoms with Crippen LogP contribution < -0.4 is 10.2 Å². The van der Waals surface area contributed by atoms with Crippen LogP contribution in [-0.4, -0.2) is 53.0 Å². The average Bonchev–Trinajstić information content (AvgIpc) is 2.69. The molecular weight excluding hydrogens is 393 g/mol. The number of benzene rings is 1. The highest BCUT2D eigenvalue weighted by molar-refractivity contribution is 6.30. The van der Waals surface area contributed by atoms with Gasteiger partial charge in [-0.1, -0.05) is 25.4 Å². The SMILES string of the molecule is Cc1cc(N2CCN(C(C)C(=O)Nc3cc(Cl)ccc3F)CC2)nc(C(C)C)n1. The van der Waals surface area contributed by atoms with E-state index in [9.17, 15) is 9.18 Å². The number of aryl methyl sites for hydroxylation is 1. The molecule has 1 aliphatic rings. The molecule has 1 unspecified atom stereocenters. The molecule has 156 valence electrons. The first-order valence-corrected chi connectivity index (χ1v) is 10.2. The van der Waals surface area contributed by atoms with E-state index in [-0.39, 0.29) is 23.6 Å². The van der Waals surface area contributed by atoms with Crippen LogP contribution >= 0.6 is 11.6 Å². The second-order valence-corrected chi connectivity index (χ2v) is 8.13. The lowest BCUT2D eigenvalue weighted by Gasteiger charge is -2.38. The Morgan fingerprint density at radius 2 is 1.83 bits per heavy atom. The quantitative estimate of drug-likeness (QED) is 0.797. The number of carbonyl (C=O) groups is 1. The minimum atomic E-state index is -0.500. The Morgan fingerprint density at radius 1 is 1.14 bits per heavy atom. The van der Waals surface area contributed by atoms with Gasteiger partial charge in [0, 0.05) is 48.9 Å². The Morgan fingerprint density at radius 3 is 2.48 bits per heavy atom. The topological polar surface area (TPSA) is 61.4 Å². The number of nitrogens with zero attached hydrogens (tertiary/aromatic N) is 4. The molecule has 3 rings (SSSR count). The van der Waals surface area contributed by atoms with Crippen molar-refractivity contribution in [3.8, 4) is 0 Å². The summed E-state index contributed by atoms with van der Waals surface area (Å²) in [6.45, 7) is 10.9. The maximum absolute atomic E-state index is 13.9. The van der Waals surface area contributed by atoms with Crippen LogP contribution in [0.1, 0.15) is 38.2 Å². The minimum absolute atomic E-state index is 0.102. The number of nitrogens with one attached hydrogen (secondary N) is 1. The van der Waals surface area contributed by atoms with Gasteiger partial charge in [-0.2, -0.15) is 0 Å². The molecule has 1 aromatic carbocycles. The van der Waals surface area contributed by atoms with Crippen LogP contribution in [-0.2, 0) is 4.79 Å². The second kappa shape index (κ2) is 9.05. The Balaban J connectivity index is 1.61. The fourth-order valence-corrected chi connectivity index (χ4v) is 3.50. The van der Waals surface area contributed by atoms with Gasteiger partial charge in [0.25, 0.3) is 0 Å². The molecule has 0 radical (unpaired) electrons. The number of hydrogen-bond donors (Lipinski definition) is 1. The largest absolute Gasteiger partial charge is 0.354 e. The van der Waals surface area contributed by atoms with Gasteiger partial charge in [0.05, 0.1) is 11.7 Å². The van der Waals surface area contributed by atoms with Crippen LogP contribution in [0.15, 0.2) is 24.3 Å². The lowest BCUT2D eigenvalue weighted by atomic mass is 10.2. The lowest BCUT2D eigenvalue weighted by molar-refractivity contribution is -0.120. The number of piperazine rings is 1. The second-order valence-electron chi connectivity index (χ2n) is 7.69. The van der Waals surface area contributed by atoms with Crippen molar-refractivity contribution in [2.45, 2.75) is 39.7 Å². The van der Waals surface area contributed by atoms with E-state index in [1.807, 2.05) is 19.9 Å². The van der Waals surface area contributed by atoms with Crippen molar-refractivity contribution in [3.05, 3.63) is 46.6 Å². The van der Waals surface area contributed by atoms with Crippen molar-refractivity contribution in [3.63, 3.8) is 0 Å². The summed E-state index contributed by atoms with van der Waals surface area (Å²) in [5.41, 5.74) is 1.06. The summed E-state index contributed by atoms with van der Waals surface area (Å²) >= 11 is 5.90. The van der Waals surface area contributed by atoms with Gasteiger partial charge in [-0.25, -0.2) is 14.4 Å². The Bertz CT molecular complexity index is 883. The third kappa shape index (κ3) is 5.22. The molecule has 1 amide bonds. The highest BCUT2D eigenvalue weighted by Crippen LogP contribution is 2.22. The molecule has 29 heavy (non-hydrogen) atoms. The van der Waals surface area contributed by atoms with E-state index < -0.39 is 5.82 Å². The predicted octanol–water partition coefficient (Wildman–Crippen LogP) is 3.85. The van der Waals surface area contributed by atoms with Gasteiger partial charge < -0.3 is 10.2 Å². The number of carbonyl (C=O) groups excluding carboxylic acids is 1. The molecule has 8 heteroatoms. The number of aromatic nitrogens is 2. The summed E-state index contributed by atoms with van der Waals surface area (Å²) in [4.78, 5) is 26.1. The third-order valence-electron chi connectivity index (χ3n) is 5.13. The van der Waals surface area contributed by atoms with Gasteiger partial charge in [-0.3, -0.25) is 9.69 Å². The van der Waals surface area contributed by atoms with E-state index in [0.29, 0.717) is 18.1 Å². The van der Waals surface area contributed by atoms with Crippen LogP contribution in [0.3, 0.4) is 0 Å². The number of anilines is 2. The summed E-state index contributed by atoms with van der Waals surface area (Å²) in [6.07, 6.45) is 0. The molecule has 1 aromatic heterocycles. The first kappa shape index (κ1) is 21.5. The summed E-state index contributed by atoms with van der Waals surface area (Å²) < 4.78 is 13.9. The van der Waals surface area contributed by atoms with Crippen LogP contribution in [0, 0.1) is 12.7 Å². The monoisotopic (exact) mass is 419 g/mol. The number of halogens is 2. The average molecular weight is 420 g/mol. The molecule has 2 aromatic rings. The van der Waals surface area contributed by atoms with E-state index in [4.69, 9.17) is 16.6 Å². The Kier molecular flexibility index (Phi) is 6.70. The summed E-state index contributed by atoms with van der Waals surface area (Å²) in [6, 6.07) is 5.74. The molecule has 1 aliphatic heterocycles. The zero-order valence-corrected chi connectivity index (χ0v) is 18.0. The van der Waals surface area contributed by atoms with E-state index >= 15 is 0 Å². The molecule has 1 saturated heterocycles. The fraction of sp³-hybridized carbons (Fsp3) is 0.476. The highest BCUT2D eigenvalue weighted by Gasteiger charge is 2.27. The maximum atomic E-state index is 13.9. The van der Waals surface area contributed by atoms with Crippen molar-refractivity contribution in [1.82, 2.24) is 14.9 Å². The number of hydrogen-bond acceptors (Lipinski definition) is 5. The fourth-order valence-electron chi connectivity index (χ4n) is 3.33. The molecule has 0 spiro atoms. The summed E-state index contributed by atoms with van der Waals surface area (Å²) in [5, 5.41) is 3.02. The highest BCUT2D eigenvalue weighted by atomic mass is 35.5. The van der Waals surface area contributed by atoms with Gasteiger partial charge >= 0.3 is 0 Å². The van der Waals surface area contributed by atoms with Crippen molar-refractivity contribution in [2.75, 3.05) is 36.4 Å². The third-order valence-corrected chi connectivity index (χ3v) is 5.36. The first-order chi connectivity index (χ1) is 13.7.